The van der Waals surface area contributed by atoms with Gasteiger partial charge < -0.3 is 9.47 Å². The molecule has 2 aromatic carbocycles. The van der Waals surface area contributed by atoms with Gasteiger partial charge in [-0.15, -0.1) is 0 Å². The SMILES string of the molecule is COC(=O)C=Cc1c(C)cc(C(=O)OC)cc1C(=O)c1ccccc1. The van der Waals surface area contributed by atoms with Crippen molar-refractivity contribution in [2.75, 3.05) is 14.2 Å². The molecular weight excluding hydrogens is 320 g/mol. The van der Waals surface area contributed by atoms with Crippen molar-refractivity contribution in [2.24, 2.45) is 0 Å². The summed E-state index contributed by atoms with van der Waals surface area (Å²) in [6.45, 7) is 1.76. The summed E-state index contributed by atoms with van der Waals surface area (Å²) in [5.41, 5.74) is 2.28. The van der Waals surface area contributed by atoms with E-state index >= 15 is 0 Å². The van der Waals surface area contributed by atoms with Gasteiger partial charge in [0, 0.05) is 17.2 Å². The van der Waals surface area contributed by atoms with Gasteiger partial charge in [0.25, 0.3) is 0 Å². The molecule has 5 nitrogen and oxygen atoms in total. The van der Waals surface area contributed by atoms with Gasteiger partial charge in [-0.3, -0.25) is 4.79 Å². The van der Waals surface area contributed by atoms with Crippen LogP contribution in [0.3, 0.4) is 0 Å². The summed E-state index contributed by atoms with van der Waals surface area (Å²) in [6.07, 6.45) is 2.75. The van der Waals surface area contributed by atoms with Crippen LogP contribution in [0.25, 0.3) is 6.08 Å². The van der Waals surface area contributed by atoms with Crippen molar-refractivity contribution < 1.29 is 23.9 Å². The quantitative estimate of drug-likeness (QED) is 0.476. The molecular formula is C20H18O5. The Hall–Kier alpha value is -3.21. The standard InChI is InChI=1S/C20H18O5/c1-13-11-15(20(23)25-3)12-17(16(13)9-10-18(21)24-2)19(22)14-7-5-4-6-8-14/h4-12H,1-3H3. The molecule has 25 heavy (non-hydrogen) atoms. The minimum absolute atomic E-state index is 0.251. The average Bonchev–Trinajstić information content (AvgIpc) is 2.65. The van der Waals surface area contributed by atoms with E-state index in [2.05, 4.69) is 4.74 Å². The Morgan fingerprint density at radius 2 is 1.60 bits per heavy atom. The van der Waals surface area contributed by atoms with Gasteiger partial charge in [-0.2, -0.15) is 0 Å². The Morgan fingerprint density at radius 1 is 0.920 bits per heavy atom. The van der Waals surface area contributed by atoms with E-state index in [1.54, 1.807) is 37.3 Å². The van der Waals surface area contributed by atoms with Gasteiger partial charge >= 0.3 is 11.9 Å². The maximum atomic E-state index is 12.9. The number of esters is 2. The van der Waals surface area contributed by atoms with Gasteiger partial charge in [-0.25, -0.2) is 9.59 Å². The minimum Gasteiger partial charge on any atom is -0.466 e. The van der Waals surface area contributed by atoms with E-state index in [1.807, 2.05) is 6.07 Å². The zero-order chi connectivity index (χ0) is 18.4. The van der Waals surface area contributed by atoms with Crippen molar-refractivity contribution in [3.05, 3.63) is 76.4 Å². The predicted octanol–water partition coefficient (Wildman–Crippen LogP) is 3.20. The third-order valence-electron chi connectivity index (χ3n) is 3.68. The molecule has 0 amide bonds. The van der Waals surface area contributed by atoms with Crippen LogP contribution in [0, 0.1) is 6.92 Å². The molecule has 0 saturated carbocycles. The highest BCUT2D eigenvalue weighted by atomic mass is 16.5. The summed E-state index contributed by atoms with van der Waals surface area (Å²) in [4.78, 5) is 36.2. The van der Waals surface area contributed by atoms with Gasteiger partial charge in [0.1, 0.15) is 0 Å². The lowest BCUT2D eigenvalue weighted by molar-refractivity contribution is -0.134. The van der Waals surface area contributed by atoms with Crippen LogP contribution in [-0.2, 0) is 14.3 Å². The summed E-state index contributed by atoms with van der Waals surface area (Å²) in [7, 11) is 2.55. The molecule has 128 valence electrons. The van der Waals surface area contributed by atoms with Crippen LogP contribution >= 0.6 is 0 Å². The molecule has 0 saturated heterocycles. The van der Waals surface area contributed by atoms with Gasteiger partial charge in [0.2, 0.25) is 0 Å². The highest BCUT2D eigenvalue weighted by molar-refractivity contribution is 6.12. The fourth-order valence-electron chi connectivity index (χ4n) is 2.41. The lowest BCUT2D eigenvalue weighted by atomic mass is 9.92. The first-order valence-electron chi connectivity index (χ1n) is 7.56. The Morgan fingerprint density at radius 3 is 2.20 bits per heavy atom. The number of carbonyl (C=O) groups is 3. The number of rotatable bonds is 5. The van der Waals surface area contributed by atoms with E-state index in [0.29, 0.717) is 22.3 Å². The molecule has 0 aliphatic carbocycles. The highest BCUT2D eigenvalue weighted by Crippen LogP contribution is 2.23. The second kappa shape index (κ2) is 8.06. The van der Waals surface area contributed by atoms with Crippen molar-refractivity contribution >= 4 is 23.8 Å². The van der Waals surface area contributed by atoms with Crippen molar-refractivity contribution in [3.8, 4) is 0 Å². The number of aryl methyl sites for hydroxylation is 1. The van der Waals surface area contributed by atoms with E-state index in [1.165, 1.54) is 32.4 Å². The zero-order valence-corrected chi connectivity index (χ0v) is 14.2. The van der Waals surface area contributed by atoms with Crippen LogP contribution in [0.1, 0.15) is 37.4 Å². The molecule has 0 aliphatic rings. The van der Waals surface area contributed by atoms with Gasteiger partial charge in [0.05, 0.1) is 19.8 Å². The minimum atomic E-state index is -0.534. The van der Waals surface area contributed by atoms with Crippen molar-refractivity contribution in [1.82, 2.24) is 0 Å². The third-order valence-corrected chi connectivity index (χ3v) is 3.68. The van der Waals surface area contributed by atoms with E-state index < -0.39 is 11.9 Å². The normalized spacial score (nSPS) is 10.5. The van der Waals surface area contributed by atoms with Gasteiger partial charge in [0.15, 0.2) is 5.78 Å². The molecule has 2 aromatic rings. The summed E-state index contributed by atoms with van der Waals surface area (Å²) < 4.78 is 9.34. The summed E-state index contributed by atoms with van der Waals surface area (Å²) in [6, 6.07) is 11.8. The van der Waals surface area contributed by atoms with Crippen LogP contribution in [0.4, 0.5) is 0 Å². The summed E-state index contributed by atoms with van der Waals surface area (Å²) >= 11 is 0. The first kappa shape index (κ1) is 18.1. The molecule has 0 radical (unpaired) electrons. The van der Waals surface area contributed by atoms with Crippen LogP contribution in [-0.4, -0.2) is 31.9 Å². The molecule has 0 spiro atoms. The number of carbonyl (C=O) groups excluding carboxylic acids is 3. The summed E-state index contributed by atoms with van der Waals surface area (Å²) in [5.74, 6) is -1.32. The van der Waals surface area contributed by atoms with E-state index in [4.69, 9.17) is 4.74 Å². The molecule has 0 aliphatic heterocycles. The zero-order valence-electron chi connectivity index (χ0n) is 14.2. The van der Waals surface area contributed by atoms with Crippen molar-refractivity contribution in [3.63, 3.8) is 0 Å². The number of ketones is 1. The molecule has 0 heterocycles. The predicted molar refractivity (Wildman–Crippen MR) is 93.4 cm³/mol. The van der Waals surface area contributed by atoms with E-state index in [9.17, 15) is 14.4 Å². The highest BCUT2D eigenvalue weighted by Gasteiger charge is 2.18. The second-order valence-electron chi connectivity index (χ2n) is 5.30. The van der Waals surface area contributed by atoms with Crippen molar-refractivity contribution in [2.45, 2.75) is 6.92 Å². The fraction of sp³-hybridized carbons (Fsp3) is 0.150. The molecule has 0 fully saturated rings. The monoisotopic (exact) mass is 338 g/mol. The van der Waals surface area contributed by atoms with Crippen LogP contribution in [0.2, 0.25) is 0 Å². The number of benzene rings is 2. The maximum Gasteiger partial charge on any atom is 0.337 e. The van der Waals surface area contributed by atoms with Crippen LogP contribution in [0.15, 0.2) is 48.5 Å². The first-order valence-corrected chi connectivity index (χ1v) is 7.56. The smallest absolute Gasteiger partial charge is 0.337 e. The number of hydrogen-bond acceptors (Lipinski definition) is 5. The molecule has 0 atom stereocenters. The number of methoxy groups -OCH3 is 2. The third kappa shape index (κ3) is 4.20. The first-order chi connectivity index (χ1) is 12.0. The largest absolute Gasteiger partial charge is 0.466 e. The molecule has 5 heteroatoms. The fourth-order valence-corrected chi connectivity index (χ4v) is 2.41. The Balaban J connectivity index is 2.61. The van der Waals surface area contributed by atoms with Gasteiger partial charge in [-0.1, -0.05) is 30.3 Å². The Labute approximate surface area is 145 Å². The van der Waals surface area contributed by atoms with Crippen molar-refractivity contribution in [1.29, 1.82) is 0 Å². The second-order valence-corrected chi connectivity index (χ2v) is 5.30. The van der Waals surface area contributed by atoms with Crippen LogP contribution < -0.4 is 0 Å². The Kier molecular flexibility index (Phi) is 5.84. The van der Waals surface area contributed by atoms with Gasteiger partial charge in [-0.05, 0) is 36.3 Å². The molecule has 0 unspecified atom stereocenters. The molecule has 0 aromatic heterocycles. The number of ether oxygens (including phenoxy) is 2. The number of hydrogen-bond donors (Lipinski definition) is 0. The molecule has 2 rings (SSSR count). The lowest BCUT2D eigenvalue weighted by Crippen LogP contribution is -2.10. The van der Waals surface area contributed by atoms with Crippen LogP contribution in [0.5, 0.6) is 0 Å². The average molecular weight is 338 g/mol. The topological polar surface area (TPSA) is 69.7 Å². The maximum absolute atomic E-state index is 12.9. The molecule has 0 bridgehead atoms. The summed E-state index contributed by atoms with van der Waals surface area (Å²) in [5, 5.41) is 0. The van der Waals surface area contributed by atoms with E-state index in [0.717, 1.165) is 0 Å². The lowest BCUT2D eigenvalue weighted by Gasteiger charge is -2.11. The molecule has 0 N–H and O–H groups in total. The van der Waals surface area contributed by atoms with E-state index in [-0.39, 0.29) is 11.3 Å². The Bertz CT molecular complexity index is 835.